The van der Waals surface area contributed by atoms with Gasteiger partial charge >= 0.3 is 11.9 Å². The molecule has 118 valence electrons. The quantitative estimate of drug-likeness (QED) is 0.407. The first-order valence-corrected chi connectivity index (χ1v) is 9.02. The Balaban J connectivity index is 2.60. The molecule has 0 unspecified atom stereocenters. The molecule has 0 saturated carbocycles. The SMILES string of the molecule is CCSSc1cccc(C)c1OC(=O)CCC(=O)OCC#N. The Morgan fingerprint density at radius 3 is 2.68 bits per heavy atom. The van der Waals surface area contributed by atoms with E-state index in [4.69, 9.17) is 10.00 Å². The summed E-state index contributed by atoms with van der Waals surface area (Å²) in [5.41, 5.74) is 0.863. The van der Waals surface area contributed by atoms with Gasteiger partial charge in [0.2, 0.25) is 0 Å². The standard InChI is InChI=1S/C15H17NO4S2/c1-3-21-22-12-6-4-5-11(2)15(12)20-14(18)8-7-13(17)19-10-9-16/h4-6H,3,7-8,10H2,1-2H3. The summed E-state index contributed by atoms with van der Waals surface area (Å²) in [5, 5.41) is 8.30. The number of hydrogen-bond acceptors (Lipinski definition) is 7. The van der Waals surface area contributed by atoms with Gasteiger partial charge < -0.3 is 9.47 Å². The molecule has 0 fully saturated rings. The molecule has 0 saturated heterocycles. The summed E-state index contributed by atoms with van der Waals surface area (Å²) in [7, 11) is 3.21. The van der Waals surface area contributed by atoms with Gasteiger partial charge in [-0.2, -0.15) is 5.26 Å². The number of nitrogens with zero attached hydrogens (tertiary/aromatic N) is 1. The van der Waals surface area contributed by atoms with Gasteiger partial charge in [-0.1, -0.05) is 40.6 Å². The summed E-state index contributed by atoms with van der Waals surface area (Å²) in [6.45, 7) is 3.61. The van der Waals surface area contributed by atoms with Crippen molar-refractivity contribution >= 4 is 33.5 Å². The number of hydrogen-bond donors (Lipinski definition) is 0. The fourth-order valence-corrected chi connectivity index (χ4v) is 3.28. The average molecular weight is 339 g/mol. The zero-order valence-corrected chi connectivity index (χ0v) is 14.1. The number of esters is 2. The highest BCUT2D eigenvalue weighted by molar-refractivity contribution is 8.76. The van der Waals surface area contributed by atoms with Crippen LogP contribution in [0.5, 0.6) is 5.75 Å². The molecule has 0 aliphatic heterocycles. The molecule has 0 bridgehead atoms. The molecule has 0 amide bonds. The van der Waals surface area contributed by atoms with E-state index in [-0.39, 0.29) is 19.4 Å². The van der Waals surface area contributed by atoms with Crippen molar-refractivity contribution in [1.29, 1.82) is 5.26 Å². The highest BCUT2D eigenvalue weighted by Gasteiger charge is 2.14. The molecule has 22 heavy (non-hydrogen) atoms. The molecule has 0 heterocycles. The van der Waals surface area contributed by atoms with Crippen LogP contribution in [0.15, 0.2) is 23.1 Å². The predicted molar refractivity (Wildman–Crippen MR) is 86.6 cm³/mol. The largest absolute Gasteiger partial charge is 0.450 e. The molecule has 0 aliphatic rings. The highest BCUT2D eigenvalue weighted by Crippen LogP contribution is 2.39. The Kier molecular flexibility index (Phi) is 8.48. The number of nitriles is 1. The Labute approximate surface area is 137 Å². The number of rotatable bonds is 8. The van der Waals surface area contributed by atoms with Crippen molar-refractivity contribution < 1.29 is 19.1 Å². The van der Waals surface area contributed by atoms with Crippen LogP contribution in [0.4, 0.5) is 0 Å². The maximum Gasteiger partial charge on any atom is 0.311 e. The predicted octanol–water partition coefficient (Wildman–Crippen LogP) is 3.51. The lowest BCUT2D eigenvalue weighted by atomic mass is 10.2. The Morgan fingerprint density at radius 2 is 2.00 bits per heavy atom. The van der Waals surface area contributed by atoms with E-state index in [2.05, 4.69) is 4.74 Å². The highest BCUT2D eigenvalue weighted by atomic mass is 33.1. The van der Waals surface area contributed by atoms with Crippen LogP contribution in [-0.4, -0.2) is 24.3 Å². The van der Waals surface area contributed by atoms with Crippen LogP contribution in [0.2, 0.25) is 0 Å². The third-order valence-corrected chi connectivity index (χ3v) is 4.94. The zero-order chi connectivity index (χ0) is 16.4. The molecule has 1 aromatic rings. The van der Waals surface area contributed by atoms with Crippen molar-refractivity contribution in [2.45, 2.75) is 31.6 Å². The summed E-state index contributed by atoms with van der Waals surface area (Å²) >= 11 is 0. The van der Waals surface area contributed by atoms with Crippen LogP contribution >= 0.6 is 21.6 Å². The molecule has 0 aliphatic carbocycles. The minimum atomic E-state index is -0.584. The lowest BCUT2D eigenvalue weighted by Crippen LogP contribution is -2.13. The van der Waals surface area contributed by atoms with Gasteiger partial charge in [-0.3, -0.25) is 9.59 Å². The number of para-hydroxylation sites is 1. The molecule has 0 atom stereocenters. The summed E-state index contributed by atoms with van der Waals surface area (Å²) in [6.07, 6.45) is -0.178. The summed E-state index contributed by atoms with van der Waals surface area (Å²) < 4.78 is 9.96. The van der Waals surface area contributed by atoms with E-state index in [0.29, 0.717) is 5.75 Å². The van der Waals surface area contributed by atoms with E-state index < -0.39 is 11.9 Å². The minimum Gasteiger partial charge on any atom is -0.450 e. The molecule has 0 spiro atoms. The summed E-state index contributed by atoms with van der Waals surface area (Å²) in [4.78, 5) is 24.0. The maximum absolute atomic E-state index is 11.9. The molecule has 7 heteroatoms. The van der Waals surface area contributed by atoms with E-state index in [1.54, 1.807) is 27.7 Å². The van der Waals surface area contributed by atoms with E-state index in [1.165, 1.54) is 0 Å². The van der Waals surface area contributed by atoms with Gasteiger partial charge in [-0.05, 0) is 18.6 Å². The van der Waals surface area contributed by atoms with E-state index >= 15 is 0 Å². The van der Waals surface area contributed by atoms with Gasteiger partial charge in [0.05, 0.1) is 17.7 Å². The molecule has 0 radical (unpaired) electrons. The first-order chi connectivity index (χ1) is 10.6. The first kappa shape index (κ1) is 18.4. The van der Waals surface area contributed by atoms with E-state index in [1.807, 2.05) is 32.0 Å². The van der Waals surface area contributed by atoms with E-state index in [9.17, 15) is 9.59 Å². The normalized spacial score (nSPS) is 9.86. The van der Waals surface area contributed by atoms with Crippen molar-refractivity contribution in [3.05, 3.63) is 23.8 Å². The van der Waals surface area contributed by atoms with Crippen molar-refractivity contribution in [2.75, 3.05) is 12.4 Å². The molecule has 0 aromatic heterocycles. The lowest BCUT2D eigenvalue weighted by molar-refractivity contribution is -0.145. The van der Waals surface area contributed by atoms with Gasteiger partial charge in [0.1, 0.15) is 11.8 Å². The van der Waals surface area contributed by atoms with Crippen LogP contribution in [-0.2, 0) is 14.3 Å². The fraction of sp³-hybridized carbons (Fsp3) is 0.400. The monoisotopic (exact) mass is 339 g/mol. The van der Waals surface area contributed by atoms with Gasteiger partial charge in [0.15, 0.2) is 6.61 Å². The topological polar surface area (TPSA) is 76.4 Å². The Bertz CT molecular complexity index is 569. The Morgan fingerprint density at radius 1 is 1.27 bits per heavy atom. The minimum absolute atomic E-state index is 0.0797. The second-order valence-electron chi connectivity index (χ2n) is 4.18. The lowest BCUT2D eigenvalue weighted by Gasteiger charge is -2.11. The second kappa shape index (κ2) is 10.1. The zero-order valence-electron chi connectivity index (χ0n) is 12.5. The van der Waals surface area contributed by atoms with Gasteiger partial charge in [0.25, 0.3) is 0 Å². The fourth-order valence-electron chi connectivity index (χ4n) is 1.50. The van der Waals surface area contributed by atoms with Crippen LogP contribution in [0.3, 0.4) is 0 Å². The average Bonchev–Trinajstić information content (AvgIpc) is 2.51. The van der Waals surface area contributed by atoms with Gasteiger partial charge in [-0.15, -0.1) is 0 Å². The van der Waals surface area contributed by atoms with Gasteiger partial charge in [-0.25, -0.2) is 0 Å². The number of aryl methyl sites for hydroxylation is 1. The molecular weight excluding hydrogens is 322 g/mol. The third-order valence-electron chi connectivity index (χ3n) is 2.49. The Hall–Kier alpha value is -1.65. The third kappa shape index (κ3) is 6.41. The smallest absolute Gasteiger partial charge is 0.311 e. The number of carbonyl (C=O) groups excluding carboxylic acids is 2. The van der Waals surface area contributed by atoms with Crippen LogP contribution in [0.25, 0.3) is 0 Å². The molecular formula is C15H17NO4S2. The first-order valence-electron chi connectivity index (χ1n) is 6.70. The maximum atomic E-state index is 11.9. The number of benzene rings is 1. The van der Waals surface area contributed by atoms with Crippen molar-refractivity contribution in [1.82, 2.24) is 0 Å². The molecule has 1 aromatic carbocycles. The van der Waals surface area contributed by atoms with Crippen LogP contribution in [0, 0.1) is 18.3 Å². The van der Waals surface area contributed by atoms with Crippen molar-refractivity contribution in [2.24, 2.45) is 0 Å². The van der Waals surface area contributed by atoms with Crippen LogP contribution in [0.1, 0.15) is 25.3 Å². The second-order valence-corrected chi connectivity index (χ2v) is 6.81. The molecule has 1 rings (SSSR count). The van der Waals surface area contributed by atoms with Crippen LogP contribution < -0.4 is 4.74 Å². The van der Waals surface area contributed by atoms with Crippen molar-refractivity contribution in [3.63, 3.8) is 0 Å². The summed E-state index contributed by atoms with van der Waals surface area (Å²) in [6, 6.07) is 7.36. The number of ether oxygens (including phenoxy) is 2. The molecule has 5 nitrogen and oxygen atoms in total. The molecule has 0 N–H and O–H groups in total. The van der Waals surface area contributed by atoms with Crippen molar-refractivity contribution in [3.8, 4) is 11.8 Å². The summed E-state index contributed by atoms with van der Waals surface area (Å²) in [5.74, 6) is 0.395. The van der Waals surface area contributed by atoms with Gasteiger partial charge in [0, 0.05) is 5.75 Å². The van der Waals surface area contributed by atoms with E-state index in [0.717, 1.165) is 16.2 Å². The number of carbonyl (C=O) groups is 2.